The number of benzene rings is 4. The van der Waals surface area contributed by atoms with Crippen molar-refractivity contribution < 1.29 is 66.6 Å². The number of carbonyl (C=O) groups excluding carboxylic acids is 9. The fourth-order valence-electron chi connectivity index (χ4n) is 19.3. The minimum absolute atomic E-state index is 0.0669. The van der Waals surface area contributed by atoms with E-state index in [0.717, 1.165) is 55.9 Å². The van der Waals surface area contributed by atoms with Gasteiger partial charge in [-0.05, 0) is 213 Å². The van der Waals surface area contributed by atoms with Crippen LogP contribution in [-0.4, -0.2) is 248 Å². The van der Waals surface area contributed by atoms with Gasteiger partial charge >= 0.3 is 11.9 Å². The number of imidazole rings is 4. The van der Waals surface area contributed by atoms with Gasteiger partial charge in [-0.15, -0.1) is 0 Å². The van der Waals surface area contributed by atoms with E-state index >= 15 is 0 Å². The summed E-state index contributed by atoms with van der Waals surface area (Å²) in [5.74, 6) is -3.10. The summed E-state index contributed by atoms with van der Waals surface area (Å²) in [4.78, 5) is 157. The second kappa shape index (κ2) is 41.4. The molecule has 8 aromatic heterocycles. The highest BCUT2D eigenvalue weighted by atomic mass is 35.5. The number of methoxy groups -OCH3 is 1. The summed E-state index contributed by atoms with van der Waals surface area (Å²) >= 11 is 12.2. The normalized spacial score (nSPS) is 19.4. The summed E-state index contributed by atoms with van der Waals surface area (Å²) in [5.41, 5.74) is 12.0. The highest BCUT2D eigenvalue weighted by molar-refractivity contribution is 6.31. The summed E-state index contributed by atoms with van der Waals surface area (Å²) in [6, 6.07) is 34.1. The third-order valence-corrected chi connectivity index (χ3v) is 28.0. The van der Waals surface area contributed by atoms with Crippen LogP contribution in [0.25, 0.3) is 67.6 Å². The van der Waals surface area contributed by atoms with Gasteiger partial charge in [0.15, 0.2) is 22.6 Å². The van der Waals surface area contributed by atoms with Crippen LogP contribution >= 0.6 is 23.2 Å². The highest BCUT2D eigenvalue weighted by Gasteiger charge is 2.46. The summed E-state index contributed by atoms with van der Waals surface area (Å²) in [6.45, 7) is 36.3. The molecule has 2 saturated carbocycles. The molecule has 6 aliphatic rings. The lowest BCUT2D eigenvalue weighted by Crippen LogP contribution is -2.62. The molecular weight excluding hydrogens is 1840 g/mol. The number of carboxylic acid groups (broad SMARTS) is 1. The van der Waals surface area contributed by atoms with E-state index < -0.39 is 29.1 Å². The van der Waals surface area contributed by atoms with Gasteiger partial charge in [0.1, 0.15) is 46.5 Å². The van der Waals surface area contributed by atoms with E-state index in [1.165, 1.54) is 41.2 Å². The van der Waals surface area contributed by atoms with E-state index in [9.17, 15) is 61.8 Å². The fourth-order valence-corrected chi connectivity index (χ4v) is 19.6. The van der Waals surface area contributed by atoms with Crippen LogP contribution in [0.5, 0.6) is 0 Å². The Balaban J connectivity index is 0.000000143. The van der Waals surface area contributed by atoms with Crippen molar-refractivity contribution in [3.63, 3.8) is 0 Å². The van der Waals surface area contributed by atoms with Crippen molar-refractivity contribution in [2.45, 2.75) is 208 Å². The number of carbonyl (C=O) groups is 10. The molecule has 742 valence electrons. The van der Waals surface area contributed by atoms with Crippen LogP contribution in [0.15, 0.2) is 146 Å². The van der Waals surface area contributed by atoms with Crippen molar-refractivity contribution >= 4 is 105 Å². The number of halogens is 4. The molecule has 32 nitrogen and oxygen atoms in total. The minimum atomic E-state index is -0.775. The molecule has 0 spiro atoms. The van der Waals surface area contributed by atoms with Crippen LogP contribution < -0.4 is 10.6 Å². The molecule has 12 heterocycles. The van der Waals surface area contributed by atoms with Gasteiger partial charge in [-0.2, -0.15) is 20.4 Å². The van der Waals surface area contributed by atoms with Crippen molar-refractivity contribution in [1.29, 1.82) is 0 Å². The number of piperazine rings is 4. The van der Waals surface area contributed by atoms with E-state index in [-0.39, 0.29) is 123 Å². The fraction of sp³-hybridized carbons (Fsp3) is 0.448. The maximum absolute atomic E-state index is 13.8. The van der Waals surface area contributed by atoms with E-state index in [1.54, 1.807) is 85.9 Å². The molecule has 18 rings (SSSR count). The molecule has 8 amide bonds. The Hall–Kier alpha value is -13.5. The van der Waals surface area contributed by atoms with Crippen LogP contribution in [-0.2, 0) is 44.3 Å². The van der Waals surface area contributed by atoms with Gasteiger partial charge in [0.2, 0.25) is 23.6 Å². The first-order chi connectivity index (χ1) is 66.7. The maximum Gasteiger partial charge on any atom is 0.308 e. The molecule has 0 unspecified atom stereocenters. The quantitative estimate of drug-likeness (QED) is 0.0851. The van der Waals surface area contributed by atoms with Crippen LogP contribution in [0, 0.1) is 35.3 Å². The van der Waals surface area contributed by atoms with Gasteiger partial charge in [0.05, 0.1) is 77.6 Å². The predicted octanol–water partition coefficient (Wildman–Crippen LogP) is 15.9. The zero-order valence-electron chi connectivity index (χ0n) is 82.7. The van der Waals surface area contributed by atoms with Gasteiger partial charge in [0.25, 0.3) is 23.6 Å². The molecular formula is C105H122Cl2F2N20O12. The standard InChI is InChI=1S/C31H38ClN5O4.C30H36ClN5O4.2C22H24FN5O2/c1-19(2)24-16-25(20-10-12-23(32)13-11-20)34-37-17-26(33-27(24)37)29(39)36-15-14-35(18-31(36,3)4)28(38)21-6-8-22(9-7-21)30(40)41-5;1-18(2)23-15-24(19-9-11-22(31)12-10-19)33-36-16-25(32-26(23)36)28(38)35-14-13-34(17-30(35,3)4)27(37)20-5-7-21(8-6-20)29(39)40;2*1-13-20(29)24-9-10-27(13)21(30)18-12-28-19(25-18)16(22(2,3)4)11-17(26-28)14-5-7-15(23)8-6-14/h10-13,16-17,19,21-22H,6-9,14-15,18H2,1-5H3;9-12,15-16,18,20-21H,5-8,13-14,17H2,1-4H3,(H,39,40);2*5-8,11-13H,9-10H2,1-4H3,(H,24,29)/t;;2*13-/m..10/s1. The zero-order chi connectivity index (χ0) is 101. The SMILES string of the molecule is CC(C)c1cc(-c2ccc(Cl)cc2)nn2cc(C(=O)N3CCN(C(=O)C4CCC(C(=O)O)CC4)CC3(C)C)nc12.COC(=O)C1CCC(C(=O)N2CCN(C(=O)c3cn4nc(-c5ccc(Cl)cc5)cc(C(C)C)c4n3)C(C)(C)C2)CC1.C[C@@H]1C(=O)NCCN1C(=O)c1cn2nc(-c3ccc(F)cc3)cc(C(C)(C)C)c2n1.C[C@H]1C(=O)NCCN1C(=O)c1cn2nc(-c3ccc(F)cc3)cc(C(C)(C)C)c2n1. The number of hydrogen-bond donors (Lipinski definition) is 3. The van der Waals surface area contributed by atoms with E-state index in [1.807, 2.05) is 115 Å². The molecule has 2 atom stereocenters. The lowest BCUT2D eigenvalue weighted by molar-refractivity contribution is -0.149. The predicted molar refractivity (Wildman–Crippen MR) is 530 cm³/mol. The van der Waals surface area contributed by atoms with Crippen molar-refractivity contribution in [2.24, 2.45) is 23.7 Å². The van der Waals surface area contributed by atoms with Crippen molar-refractivity contribution in [2.75, 3.05) is 72.6 Å². The molecule has 4 saturated heterocycles. The van der Waals surface area contributed by atoms with Crippen molar-refractivity contribution in [3.05, 3.63) is 213 Å². The van der Waals surface area contributed by atoms with Crippen LogP contribution in [0.1, 0.15) is 238 Å². The Kier molecular flexibility index (Phi) is 29.9. The van der Waals surface area contributed by atoms with Gasteiger partial charge in [-0.3, -0.25) is 47.9 Å². The number of ether oxygens (including phenoxy) is 1. The van der Waals surface area contributed by atoms with Gasteiger partial charge in [0, 0.05) is 132 Å². The second-order valence-corrected chi connectivity index (χ2v) is 42.1. The zero-order valence-corrected chi connectivity index (χ0v) is 84.2. The number of rotatable bonds is 14. The summed E-state index contributed by atoms with van der Waals surface area (Å²) in [7, 11) is 1.41. The number of nitrogens with one attached hydrogen (secondary N) is 2. The monoisotopic (exact) mass is 1960 g/mol. The first-order valence-electron chi connectivity index (χ1n) is 48.1. The Labute approximate surface area is 827 Å². The van der Waals surface area contributed by atoms with E-state index in [4.69, 9.17) is 48.1 Å². The maximum atomic E-state index is 13.8. The average molecular weight is 1970 g/mol. The molecule has 6 fully saturated rings. The molecule has 2 aliphatic carbocycles. The number of aliphatic carboxylic acids is 1. The molecule has 0 bridgehead atoms. The number of aromatic nitrogens is 12. The molecule has 0 radical (unpaired) electrons. The Morgan fingerprint density at radius 1 is 0.426 bits per heavy atom. The van der Waals surface area contributed by atoms with Crippen LogP contribution in [0.2, 0.25) is 10.0 Å². The summed E-state index contributed by atoms with van der Waals surface area (Å²) in [5, 5.41) is 34.8. The third-order valence-electron chi connectivity index (χ3n) is 27.5. The topological polar surface area (TPSA) is 364 Å². The van der Waals surface area contributed by atoms with Gasteiger partial charge < -0.3 is 49.9 Å². The number of esters is 1. The molecule has 141 heavy (non-hydrogen) atoms. The molecule has 12 aromatic rings. The van der Waals surface area contributed by atoms with E-state index in [0.29, 0.717) is 172 Å². The lowest BCUT2D eigenvalue weighted by atomic mass is 9.81. The number of fused-ring (bicyclic) bond motifs is 4. The van der Waals surface area contributed by atoms with Gasteiger partial charge in [-0.25, -0.2) is 46.8 Å². The average Bonchev–Trinajstić information content (AvgIpc) is 1.58. The van der Waals surface area contributed by atoms with Crippen molar-refractivity contribution in [3.8, 4) is 45.0 Å². The number of nitrogens with zero attached hydrogens (tertiary/aromatic N) is 18. The number of carboxylic acids is 1. The van der Waals surface area contributed by atoms with E-state index in [2.05, 4.69) is 100 Å². The minimum Gasteiger partial charge on any atom is -0.481 e. The molecule has 4 aliphatic heterocycles. The smallest absolute Gasteiger partial charge is 0.308 e. The molecule has 4 aromatic carbocycles. The van der Waals surface area contributed by atoms with Crippen LogP contribution in [0.4, 0.5) is 8.78 Å². The van der Waals surface area contributed by atoms with Crippen LogP contribution in [0.3, 0.4) is 0 Å². The Morgan fingerprint density at radius 2 is 0.723 bits per heavy atom. The number of hydrogen-bond acceptors (Lipinski definition) is 19. The third kappa shape index (κ3) is 22.3. The van der Waals surface area contributed by atoms with Crippen molar-refractivity contribution in [1.82, 2.24) is 98.4 Å². The lowest BCUT2D eigenvalue weighted by Gasteiger charge is -2.47. The molecule has 36 heteroatoms. The molecule has 3 N–H and O–H groups in total. The summed E-state index contributed by atoms with van der Waals surface area (Å²) in [6.07, 6.45) is 11.6. The summed E-state index contributed by atoms with van der Waals surface area (Å²) < 4.78 is 38.2. The first-order valence-corrected chi connectivity index (χ1v) is 48.8. The Bertz CT molecular complexity index is 6580. The Morgan fingerprint density at radius 3 is 1.04 bits per heavy atom. The van der Waals surface area contributed by atoms with Gasteiger partial charge in [-0.1, -0.05) is 117 Å². The highest BCUT2D eigenvalue weighted by Crippen LogP contribution is 2.40. The number of amides is 8. The largest absolute Gasteiger partial charge is 0.481 e. The second-order valence-electron chi connectivity index (χ2n) is 41.2. The first kappa shape index (κ1) is 102.